The monoisotopic (exact) mass is 836 g/mol. The fourth-order valence-electron chi connectivity index (χ4n) is 8.67. The van der Waals surface area contributed by atoms with Crippen molar-refractivity contribution >= 4 is 34.9 Å². The Balaban J connectivity index is 0.000000171. The number of benzene rings is 2. The molecule has 9 rings (SSSR count). The van der Waals surface area contributed by atoms with Gasteiger partial charge in [-0.25, -0.2) is 0 Å². The summed E-state index contributed by atoms with van der Waals surface area (Å²) in [5.74, 6) is 3.44. The van der Waals surface area contributed by atoms with Gasteiger partial charge in [-0.1, -0.05) is 47.5 Å². The average Bonchev–Trinajstić information content (AvgIpc) is 3.51. The fourth-order valence-corrected chi connectivity index (χ4v) is 8.92. The van der Waals surface area contributed by atoms with Crippen LogP contribution in [0.2, 0.25) is 10.0 Å². The molecule has 0 bridgehead atoms. The van der Waals surface area contributed by atoms with E-state index in [1.807, 2.05) is 49.1 Å². The molecule has 0 radical (unpaired) electrons. The zero-order chi connectivity index (χ0) is 41.0. The Morgan fingerprint density at radius 3 is 1.66 bits per heavy atom. The van der Waals surface area contributed by atoms with Crippen molar-refractivity contribution in [3.63, 3.8) is 0 Å². The van der Waals surface area contributed by atoms with E-state index in [4.69, 9.17) is 43.7 Å². The molecule has 7 heterocycles. The predicted molar refractivity (Wildman–Crippen MR) is 234 cm³/mol. The van der Waals surface area contributed by atoms with E-state index in [9.17, 15) is 0 Å². The maximum absolute atomic E-state index is 7.32. The molecule has 4 aromatic rings. The van der Waals surface area contributed by atoms with Crippen molar-refractivity contribution in [3.05, 3.63) is 118 Å². The Hall–Kier alpha value is -4.77. The normalized spacial score (nSPS) is 21.2. The number of halogens is 2. The van der Waals surface area contributed by atoms with Gasteiger partial charge in [0, 0.05) is 90.8 Å². The van der Waals surface area contributed by atoms with Crippen molar-refractivity contribution in [1.29, 1.82) is 5.26 Å². The molecule has 0 saturated carbocycles. The van der Waals surface area contributed by atoms with E-state index in [2.05, 4.69) is 76.6 Å². The second kappa shape index (κ2) is 21.0. The van der Waals surface area contributed by atoms with Gasteiger partial charge in [0.15, 0.2) is 0 Å². The van der Waals surface area contributed by atoms with Crippen LogP contribution in [0.3, 0.4) is 0 Å². The minimum absolute atomic E-state index is 0.285. The minimum Gasteiger partial charge on any atom is -0.490 e. The fraction of sp³-hybridized carbons (Fsp3) is 0.444. The highest BCUT2D eigenvalue weighted by Crippen LogP contribution is 2.32. The molecule has 59 heavy (non-hydrogen) atoms. The molecule has 0 spiro atoms. The van der Waals surface area contributed by atoms with E-state index in [0.29, 0.717) is 43.6 Å². The van der Waals surface area contributed by atoms with Crippen LogP contribution in [0.15, 0.2) is 95.7 Å². The third-order valence-electron chi connectivity index (χ3n) is 11.7. The number of likely N-dealkylation sites (tertiary alicyclic amines) is 1. The number of hydrogen-bond acceptors (Lipinski definition) is 12. The van der Waals surface area contributed by atoms with Crippen molar-refractivity contribution < 1.29 is 9.47 Å². The molecule has 2 aromatic carbocycles. The largest absolute Gasteiger partial charge is 0.490 e. The zero-order valence-electron chi connectivity index (χ0n) is 33.7. The summed E-state index contributed by atoms with van der Waals surface area (Å²) in [5, 5.41) is 20.6. The van der Waals surface area contributed by atoms with Crippen LogP contribution in [0.1, 0.15) is 61.3 Å². The van der Waals surface area contributed by atoms with E-state index in [-0.39, 0.29) is 6.04 Å². The van der Waals surface area contributed by atoms with Crippen LogP contribution in [-0.4, -0.2) is 99.9 Å². The first-order valence-corrected chi connectivity index (χ1v) is 21.4. The number of pyridine rings is 2. The van der Waals surface area contributed by atoms with Gasteiger partial charge in [-0.3, -0.25) is 19.8 Å². The second-order valence-corrected chi connectivity index (χ2v) is 16.5. The maximum Gasteiger partial charge on any atom is 0.142 e. The summed E-state index contributed by atoms with van der Waals surface area (Å²) in [7, 11) is 0. The Morgan fingerprint density at radius 2 is 1.20 bits per heavy atom. The van der Waals surface area contributed by atoms with Crippen molar-refractivity contribution in [1.82, 2.24) is 30.0 Å². The van der Waals surface area contributed by atoms with Gasteiger partial charge in [-0.2, -0.15) is 5.26 Å². The number of piperidine rings is 2. The highest BCUT2D eigenvalue weighted by molar-refractivity contribution is 6.30. The summed E-state index contributed by atoms with van der Waals surface area (Å²) in [4.78, 5) is 16.1. The van der Waals surface area contributed by atoms with Crippen LogP contribution in [-0.2, 0) is 25.9 Å². The van der Waals surface area contributed by atoms with Crippen LogP contribution in [0.25, 0.3) is 0 Å². The van der Waals surface area contributed by atoms with Gasteiger partial charge < -0.3 is 25.4 Å². The van der Waals surface area contributed by atoms with Gasteiger partial charge in [-0.05, 0) is 99.1 Å². The molecule has 0 amide bonds. The summed E-state index contributed by atoms with van der Waals surface area (Å²) in [6.07, 6.45) is 14.5. The van der Waals surface area contributed by atoms with Crippen molar-refractivity contribution in [2.45, 2.75) is 89.1 Å². The van der Waals surface area contributed by atoms with Gasteiger partial charge in [0.2, 0.25) is 0 Å². The number of nitrogens with one attached hydrogen (secondary N) is 1. The van der Waals surface area contributed by atoms with Crippen LogP contribution in [0, 0.1) is 11.3 Å². The molecular weight excluding hydrogens is 783 g/mol. The van der Waals surface area contributed by atoms with Gasteiger partial charge in [-0.15, -0.1) is 10.2 Å². The highest BCUT2D eigenvalue weighted by Gasteiger charge is 2.35. The van der Waals surface area contributed by atoms with E-state index in [1.165, 1.54) is 42.0 Å². The molecule has 5 aliphatic heterocycles. The molecule has 2 fully saturated rings. The van der Waals surface area contributed by atoms with E-state index < -0.39 is 0 Å². The number of amidine groups is 2. The number of nitriles is 1. The first-order chi connectivity index (χ1) is 28.9. The summed E-state index contributed by atoms with van der Waals surface area (Å²) in [6.45, 7) is 8.72. The van der Waals surface area contributed by atoms with Gasteiger partial charge in [0.25, 0.3) is 0 Å². The standard InChI is InChI=1S/C23H27ClN6O.C20H24ClN3O.C2H3N/c24-18-3-1-16(2-4-18)11-20-15-31-21-13-26-8-5-17(21)14-30(20)19-6-9-29(10-7-19)23-12-22(25)27-28-23;21-17-3-1-15(2-4-17)11-19-14-25-20-12-23-8-5-16(20)13-24(19)18-6-9-22-10-7-18;1-2-3/h1-5,8,13,19-20H,6-7,9-12,14-15H2,(H2,25,27);1-5,8,12,18-19,22H,6-7,9-11,13-14H2;1H3/t20-;19-;/m00./s1. The summed E-state index contributed by atoms with van der Waals surface area (Å²) in [6, 6.07) is 24.0. The van der Waals surface area contributed by atoms with Gasteiger partial charge >= 0.3 is 0 Å². The lowest BCUT2D eigenvalue weighted by Gasteiger charge is -2.42. The highest BCUT2D eigenvalue weighted by atomic mass is 35.5. The third-order valence-corrected chi connectivity index (χ3v) is 12.2. The maximum atomic E-state index is 7.32. The van der Waals surface area contributed by atoms with Crippen LogP contribution in [0.5, 0.6) is 11.5 Å². The Morgan fingerprint density at radius 1 is 0.729 bits per heavy atom. The lowest BCUT2D eigenvalue weighted by Crippen LogP contribution is -2.51. The molecule has 2 aromatic heterocycles. The average molecular weight is 838 g/mol. The number of ether oxygens (including phenoxy) is 2. The zero-order valence-corrected chi connectivity index (χ0v) is 35.2. The first-order valence-electron chi connectivity index (χ1n) is 20.6. The summed E-state index contributed by atoms with van der Waals surface area (Å²) in [5.41, 5.74) is 10.8. The first kappa shape index (κ1) is 42.4. The summed E-state index contributed by atoms with van der Waals surface area (Å²) < 4.78 is 12.3. The molecule has 3 N–H and O–H groups in total. The lowest BCUT2D eigenvalue weighted by molar-refractivity contribution is 0.0670. The van der Waals surface area contributed by atoms with Crippen molar-refractivity contribution in [2.24, 2.45) is 15.9 Å². The molecule has 0 aliphatic carbocycles. The third kappa shape index (κ3) is 11.5. The topological polar surface area (TPSA) is 141 Å². The van der Waals surface area contributed by atoms with E-state index in [1.54, 1.807) is 6.07 Å². The van der Waals surface area contributed by atoms with Crippen LogP contribution in [0.4, 0.5) is 0 Å². The molecule has 310 valence electrons. The Labute approximate surface area is 358 Å². The number of nitrogens with zero attached hydrogens (tertiary/aromatic N) is 8. The number of nitrogens with two attached hydrogens (primary N) is 1. The van der Waals surface area contributed by atoms with Crippen molar-refractivity contribution in [2.75, 3.05) is 39.4 Å². The smallest absolute Gasteiger partial charge is 0.142 e. The van der Waals surface area contributed by atoms with Crippen LogP contribution >= 0.6 is 23.2 Å². The van der Waals surface area contributed by atoms with Gasteiger partial charge in [0.05, 0.1) is 24.9 Å². The molecule has 12 nitrogen and oxygen atoms in total. The van der Waals surface area contributed by atoms with Gasteiger partial charge in [0.1, 0.15) is 36.4 Å². The number of fused-ring (bicyclic) bond motifs is 2. The number of rotatable bonds is 6. The van der Waals surface area contributed by atoms with E-state index in [0.717, 1.165) is 92.3 Å². The number of hydrogen-bond donors (Lipinski definition) is 2. The lowest BCUT2D eigenvalue weighted by atomic mass is 9.97. The summed E-state index contributed by atoms with van der Waals surface area (Å²) >= 11 is 12.1. The predicted octanol–water partition coefficient (Wildman–Crippen LogP) is 6.90. The Bertz CT molecular complexity index is 2060. The van der Waals surface area contributed by atoms with E-state index >= 15 is 0 Å². The Kier molecular flexibility index (Phi) is 15.0. The molecule has 5 aliphatic rings. The van der Waals surface area contributed by atoms with Crippen molar-refractivity contribution in [3.8, 4) is 17.6 Å². The van der Waals surface area contributed by atoms with Crippen LogP contribution < -0.4 is 20.5 Å². The molecular formula is C45H54Cl2N10O2. The second-order valence-electron chi connectivity index (χ2n) is 15.6. The molecule has 0 unspecified atom stereocenters. The minimum atomic E-state index is 0.285. The molecule has 14 heteroatoms. The number of aromatic nitrogens is 2. The molecule has 2 saturated heterocycles. The SMILES string of the molecule is CC#N.Clc1ccc(C[C@H]2COc3cnccc3CN2C2CCNCC2)cc1.NC1=NN=C(N2CCC(N3Cc4ccncc4OC[C@@H]3Cc3ccc(Cl)cc3)CC2)C1. The molecule has 2 atom stereocenters. The quantitative estimate of drug-likeness (QED) is 0.211.